The number of ether oxygens (including phenoxy) is 1. The van der Waals surface area contributed by atoms with Crippen LogP contribution in [0.4, 0.5) is 4.39 Å². The zero-order valence-electron chi connectivity index (χ0n) is 24.1. The molecule has 3 amide bonds. The van der Waals surface area contributed by atoms with Gasteiger partial charge in [-0.2, -0.15) is 0 Å². The number of fused-ring (bicyclic) bond motifs is 2. The Kier molecular flexibility index (Phi) is 8.49. The van der Waals surface area contributed by atoms with Gasteiger partial charge in [0.1, 0.15) is 17.8 Å². The van der Waals surface area contributed by atoms with Crippen molar-refractivity contribution in [3.05, 3.63) is 58.7 Å². The van der Waals surface area contributed by atoms with Crippen LogP contribution in [0.25, 0.3) is 10.1 Å². The Morgan fingerprint density at radius 3 is 2.66 bits per heavy atom. The molecule has 2 unspecified atom stereocenters. The van der Waals surface area contributed by atoms with E-state index in [2.05, 4.69) is 10.3 Å². The SMILES string of the molecule is COc1ccncc1C1CN(C(=O)[C@@H]2CC[C@@H]3CCCCC(NC(=O)c4cc5cc(C(F)P(=O)(O)O)ccc5s4)C(=O)N32)C1. The van der Waals surface area contributed by atoms with Gasteiger partial charge in [-0.05, 0) is 60.9 Å². The van der Waals surface area contributed by atoms with Crippen molar-refractivity contribution in [3.8, 4) is 5.75 Å². The van der Waals surface area contributed by atoms with Gasteiger partial charge in [0, 0.05) is 47.7 Å². The Balaban J connectivity index is 1.15. The maximum Gasteiger partial charge on any atom is 0.363 e. The molecular weight excluding hydrogens is 610 g/mol. The molecule has 0 aliphatic carbocycles. The van der Waals surface area contributed by atoms with Gasteiger partial charge >= 0.3 is 7.60 Å². The van der Waals surface area contributed by atoms with E-state index >= 15 is 0 Å². The molecule has 5 heterocycles. The molecule has 11 nitrogen and oxygen atoms in total. The van der Waals surface area contributed by atoms with Crippen LogP contribution in [0.3, 0.4) is 0 Å². The number of carbonyl (C=O) groups is 3. The van der Waals surface area contributed by atoms with Crippen molar-refractivity contribution in [2.75, 3.05) is 20.2 Å². The second-order valence-electron chi connectivity index (χ2n) is 11.7. The number of benzene rings is 1. The molecule has 3 saturated heterocycles. The summed E-state index contributed by atoms with van der Waals surface area (Å²) in [6, 6.07) is 6.03. The van der Waals surface area contributed by atoms with E-state index in [9.17, 15) is 33.1 Å². The van der Waals surface area contributed by atoms with Crippen molar-refractivity contribution in [1.82, 2.24) is 20.1 Å². The van der Waals surface area contributed by atoms with Crippen LogP contribution in [0.5, 0.6) is 5.75 Å². The standard InChI is InChI=1S/C30H34FN4O7PS/c1-42-24-10-11-32-14-21(24)19-15-34(16-19)30(38)23-8-7-20-4-2-3-5-22(29(37)35(20)23)33-28(36)26-13-18-12-17(6-9-25(18)44-26)27(31)43(39,40)41/h6,9-14,19-20,22-23,27H,2-5,7-8,15-16H2,1H3,(H,33,36)(H2,39,40,41)/t20-,22?,23-,27?/m0/s1. The molecule has 0 radical (unpaired) electrons. The number of halogens is 1. The molecule has 44 heavy (non-hydrogen) atoms. The van der Waals surface area contributed by atoms with Gasteiger partial charge in [0.05, 0.1) is 12.0 Å². The minimum absolute atomic E-state index is 0.0583. The molecule has 3 fully saturated rings. The third-order valence-electron chi connectivity index (χ3n) is 8.92. The molecule has 0 saturated carbocycles. The molecule has 14 heteroatoms. The van der Waals surface area contributed by atoms with E-state index in [1.807, 2.05) is 0 Å². The van der Waals surface area contributed by atoms with E-state index in [-0.39, 0.29) is 29.3 Å². The van der Waals surface area contributed by atoms with Crippen molar-refractivity contribution >= 4 is 46.7 Å². The highest BCUT2D eigenvalue weighted by molar-refractivity contribution is 7.51. The number of likely N-dealkylation sites (tertiary alicyclic amines) is 1. The Labute approximate surface area is 257 Å². The number of carbonyl (C=O) groups excluding carboxylic acids is 3. The first kappa shape index (κ1) is 30.6. The number of alkyl halides is 1. The quantitative estimate of drug-likeness (QED) is 0.326. The summed E-state index contributed by atoms with van der Waals surface area (Å²) in [5.74, 6) is -2.40. The van der Waals surface area contributed by atoms with Crippen LogP contribution >= 0.6 is 18.9 Å². The van der Waals surface area contributed by atoms with Crippen molar-refractivity contribution in [1.29, 1.82) is 0 Å². The molecule has 6 rings (SSSR count). The lowest BCUT2D eigenvalue weighted by atomic mass is 9.91. The van der Waals surface area contributed by atoms with Crippen molar-refractivity contribution in [2.24, 2.45) is 0 Å². The van der Waals surface area contributed by atoms with E-state index in [1.165, 1.54) is 24.3 Å². The summed E-state index contributed by atoms with van der Waals surface area (Å²) in [6.07, 6.45) is 7.65. The van der Waals surface area contributed by atoms with Crippen LogP contribution in [0.1, 0.15) is 71.2 Å². The summed E-state index contributed by atoms with van der Waals surface area (Å²) >= 11 is 1.15. The van der Waals surface area contributed by atoms with E-state index in [0.717, 1.165) is 48.3 Å². The van der Waals surface area contributed by atoms with E-state index < -0.39 is 31.5 Å². The Morgan fingerprint density at radius 2 is 1.91 bits per heavy atom. The summed E-state index contributed by atoms with van der Waals surface area (Å²) in [5.41, 5.74) is 0.784. The molecule has 3 aromatic rings. The van der Waals surface area contributed by atoms with E-state index in [1.54, 1.807) is 35.4 Å². The van der Waals surface area contributed by atoms with Gasteiger partial charge in [-0.1, -0.05) is 18.9 Å². The maximum atomic E-state index is 14.2. The van der Waals surface area contributed by atoms with E-state index in [4.69, 9.17) is 4.74 Å². The zero-order valence-corrected chi connectivity index (χ0v) is 25.8. The van der Waals surface area contributed by atoms with Crippen LogP contribution in [0.15, 0.2) is 42.7 Å². The second-order valence-corrected chi connectivity index (χ2v) is 14.4. The Morgan fingerprint density at radius 1 is 1.14 bits per heavy atom. The Hall–Kier alpha value is -3.38. The Bertz CT molecular complexity index is 1640. The lowest BCUT2D eigenvalue weighted by Crippen LogP contribution is -2.59. The van der Waals surface area contributed by atoms with E-state index in [0.29, 0.717) is 40.9 Å². The van der Waals surface area contributed by atoms with Crippen LogP contribution < -0.4 is 10.1 Å². The number of hydrogen-bond donors (Lipinski definition) is 3. The van der Waals surface area contributed by atoms with Crippen LogP contribution in [-0.2, 0) is 14.2 Å². The first-order valence-corrected chi connectivity index (χ1v) is 17.2. The third kappa shape index (κ3) is 5.85. The molecule has 2 aromatic heterocycles. The normalized spacial score (nSPS) is 23.5. The number of amides is 3. The number of aromatic nitrogens is 1. The maximum absolute atomic E-state index is 14.2. The largest absolute Gasteiger partial charge is 0.496 e. The number of nitrogens with zero attached hydrogens (tertiary/aromatic N) is 3. The van der Waals surface area contributed by atoms with Gasteiger partial charge in [-0.3, -0.25) is 23.9 Å². The number of hydrogen-bond acceptors (Lipinski definition) is 7. The highest BCUT2D eigenvalue weighted by atomic mass is 32.1. The molecular formula is C30H34FN4O7PS. The van der Waals surface area contributed by atoms with Crippen LogP contribution in [-0.4, -0.2) is 80.6 Å². The monoisotopic (exact) mass is 644 g/mol. The van der Waals surface area contributed by atoms with Gasteiger partial charge in [-0.25, -0.2) is 4.39 Å². The van der Waals surface area contributed by atoms with Crippen LogP contribution in [0, 0.1) is 0 Å². The highest BCUT2D eigenvalue weighted by Crippen LogP contribution is 2.53. The van der Waals surface area contributed by atoms with Crippen LogP contribution in [0.2, 0.25) is 0 Å². The molecule has 4 atom stereocenters. The fraction of sp³-hybridized carbons (Fsp3) is 0.467. The van der Waals surface area contributed by atoms with Gasteiger partial charge < -0.3 is 29.6 Å². The van der Waals surface area contributed by atoms with Crippen molar-refractivity contribution in [3.63, 3.8) is 0 Å². The number of thiophene rings is 1. The van der Waals surface area contributed by atoms with Crippen molar-refractivity contribution in [2.45, 2.75) is 68.5 Å². The fourth-order valence-corrected chi connectivity index (χ4v) is 8.10. The lowest BCUT2D eigenvalue weighted by Gasteiger charge is -2.43. The number of pyridine rings is 1. The first-order valence-electron chi connectivity index (χ1n) is 14.7. The number of rotatable bonds is 7. The lowest BCUT2D eigenvalue weighted by molar-refractivity contribution is -0.149. The molecule has 1 aromatic carbocycles. The average molecular weight is 645 g/mol. The molecule has 3 aliphatic heterocycles. The molecule has 0 bridgehead atoms. The second kappa shape index (κ2) is 12.2. The molecule has 3 N–H and O–H groups in total. The van der Waals surface area contributed by atoms with Gasteiger partial charge in [0.25, 0.3) is 5.91 Å². The summed E-state index contributed by atoms with van der Waals surface area (Å²) in [5, 5.41) is 3.35. The van der Waals surface area contributed by atoms with Crippen molar-refractivity contribution < 1.29 is 37.9 Å². The predicted molar refractivity (Wildman–Crippen MR) is 161 cm³/mol. The van der Waals surface area contributed by atoms with Gasteiger partial charge in [0.15, 0.2) is 0 Å². The van der Waals surface area contributed by atoms with Gasteiger partial charge in [0.2, 0.25) is 17.7 Å². The van der Waals surface area contributed by atoms with Gasteiger partial charge in [-0.15, -0.1) is 11.3 Å². The fourth-order valence-electron chi connectivity index (χ4n) is 6.61. The smallest absolute Gasteiger partial charge is 0.363 e. The molecule has 0 spiro atoms. The minimum atomic E-state index is -4.97. The minimum Gasteiger partial charge on any atom is -0.496 e. The predicted octanol–water partition coefficient (Wildman–Crippen LogP) is 4.11. The molecule has 234 valence electrons. The first-order chi connectivity index (χ1) is 21.0. The average Bonchev–Trinajstić information content (AvgIpc) is 3.60. The zero-order chi connectivity index (χ0) is 31.2. The highest BCUT2D eigenvalue weighted by Gasteiger charge is 2.47. The molecule has 3 aliphatic rings. The summed E-state index contributed by atoms with van der Waals surface area (Å²) < 4.78 is 31.7. The number of nitrogens with one attached hydrogen (secondary N) is 1. The summed E-state index contributed by atoms with van der Waals surface area (Å²) in [7, 11) is -3.37. The third-order valence-corrected chi connectivity index (χ3v) is 10.9. The number of methoxy groups -OCH3 is 1. The summed E-state index contributed by atoms with van der Waals surface area (Å²) in [4.78, 5) is 67.4. The summed E-state index contributed by atoms with van der Waals surface area (Å²) in [6.45, 7) is 1.05. The topological polar surface area (TPSA) is 149 Å².